The van der Waals surface area contributed by atoms with E-state index < -0.39 is 0 Å². The molecule has 5 rings (SSSR count). The molecule has 3 aromatic rings. The molecule has 0 unspecified atom stereocenters. The summed E-state index contributed by atoms with van der Waals surface area (Å²) in [5.74, 6) is 1.10. The number of amides is 2. The van der Waals surface area contributed by atoms with Gasteiger partial charge in [0.05, 0.1) is 16.2 Å². The summed E-state index contributed by atoms with van der Waals surface area (Å²) in [7, 11) is 0. The van der Waals surface area contributed by atoms with E-state index in [0.29, 0.717) is 46.6 Å². The highest BCUT2D eigenvalue weighted by molar-refractivity contribution is 8.03. The molecule has 0 bridgehead atoms. The minimum Gasteiger partial charge on any atom is -0.486 e. The number of ether oxygens (including phenoxy) is 2. The van der Waals surface area contributed by atoms with Crippen molar-refractivity contribution in [3.8, 4) is 11.5 Å². The zero-order valence-electron chi connectivity index (χ0n) is 16.6. The Bertz CT molecular complexity index is 1170. The summed E-state index contributed by atoms with van der Waals surface area (Å²) in [5.41, 5.74) is 2.73. The highest BCUT2D eigenvalue weighted by Crippen LogP contribution is 2.42. The van der Waals surface area contributed by atoms with Crippen molar-refractivity contribution >= 4 is 34.8 Å². The van der Waals surface area contributed by atoms with E-state index in [4.69, 9.17) is 9.47 Å². The normalized spacial score (nSPS) is 15.5. The van der Waals surface area contributed by atoms with Gasteiger partial charge in [-0.2, -0.15) is 0 Å². The lowest BCUT2D eigenvalue weighted by molar-refractivity contribution is -0.119. The molecule has 0 fully saturated rings. The molecule has 0 saturated heterocycles. The van der Waals surface area contributed by atoms with Crippen molar-refractivity contribution in [3.63, 3.8) is 0 Å². The van der Waals surface area contributed by atoms with E-state index in [2.05, 4.69) is 0 Å². The summed E-state index contributed by atoms with van der Waals surface area (Å²) in [6.07, 6.45) is 0. The lowest BCUT2D eigenvalue weighted by Crippen LogP contribution is -2.31. The molecule has 2 aliphatic rings. The summed E-state index contributed by atoms with van der Waals surface area (Å²) >= 11 is 1.39. The Morgan fingerprint density at radius 1 is 0.774 bits per heavy atom. The number of carbonyl (C=O) groups excluding carboxylic acids is 2. The van der Waals surface area contributed by atoms with Gasteiger partial charge in [0.15, 0.2) is 11.5 Å². The van der Waals surface area contributed by atoms with E-state index in [0.717, 1.165) is 11.1 Å². The quantitative estimate of drug-likeness (QED) is 0.552. The molecule has 3 aromatic carbocycles. The van der Waals surface area contributed by atoms with Gasteiger partial charge in [-0.15, -0.1) is 11.8 Å². The summed E-state index contributed by atoms with van der Waals surface area (Å²) in [6.45, 7) is 0.915. The molecule has 2 aliphatic heterocycles. The maximum absolute atomic E-state index is 13.5. The minimum atomic E-state index is -0.330. The van der Waals surface area contributed by atoms with Crippen molar-refractivity contribution in [2.24, 2.45) is 0 Å². The number of thioether (sulfide) groups is 1. The van der Waals surface area contributed by atoms with E-state index >= 15 is 0 Å². The SMILES string of the molecule is O=C1C(SCc2ccccc2)=C(c2ccccc2)C(=O)N1c1ccc2c(c1)OCCO2. The Morgan fingerprint density at radius 2 is 1.45 bits per heavy atom. The van der Waals surface area contributed by atoms with Gasteiger partial charge >= 0.3 is 0 Å². The molecule has 0 N–H and O–H groups in total. The van der Waals surface area contributed by atoms with Crippen LogP contribution < -0.4 is 14.4 Å². The number of hydrogen-bond acceptors (Lipinski definition) is 5. The highest BCUT2D eigenvalue weighted by atomic mass is 32.2. The first kappa shape index (κ1) is 19.5. The first-order valence-electron chi connectivity index (χ1n) is 9.97. The standard InChI is InChI=1S/C25H19NO4S/c27-24-22(18-9-5-2-6-10-18)23(31-16-17-7-3-1-4-8-17)25(28)26(24)19-11-12-20-21(15-19)30-14-13-29-20/h1-12,15H,13-14,16H2. The fourth-order valence-electron chi connectivity index (χ4n) is 3.64. The van der Waals surface area contributed by atoms with Crippen molar-refractivity contribution in [3.05, 3.63) is 94.9 Å². The van der Waals surface area contributed by atoms with Crippen LogP contribution in [0.4, 0.5) is 5.69 Å². The second-order valence-corrected chi connectivity index (χ2v) is 8.10. The molecule has 0 atom stereocenters. The molecular formula is C25H19NO4S. The van der Waals surface area contributed by atoms with Gasteiger partial charge in [0.1, 0.15) is 13.2 Å². The van der Waals surface area contributed by atoms with E-state index in [9.17, 15) is 9.59 Å². The Balaban J connectivity index is 1.52. The van der Waals surface area contributed by atoms with Crippen molar-refractivity contribution in [2.75, 3.05) is 18.1 Å². The molecule has 154 valence electrons. The number of fused-ring (bicyclic) bond motifs is 1. The number of anilines is 1. The van der Waals surface area contributed by atoms with Crippen LogP contribution in [0.1, 0.15) is 11.1 Å². The Hall–Kier alpha value is -3.51. The monoisotopic (exact) mass is 429 g/mol. The van der Waals surface area contributed by atoms with E-state index in [1.807, 2.05) is 60.7 Å². The predicted molar refractivity (Wildman–Crippen MR) is 121 cm³/mol. The first-order chi connectivity index (χ1) is 15.2. The van der Waals surface area contributed by atoms with Gasteiger partial charge in [-0.3, -0.25) is 9.59 Å². The number of carbonyl (C=O) groups is 2. The third kappa shape index (κ3) is 3.70. The number of benzene rings is 3. The first-order valence-corrected chi connectivity index (χ1v) is 11.0. The van der Waals surface area contributed by atoms with Gasteiger partial charge in [-0.1, -0.05) is 60.7 Å². The molecule has 0 aromatic heterocycles. The number of rotatable bonds is 5. The topological polar surface area (TPSA) is 55.8 Å². The fraction of sp³-hybridized carbons (Fsp3) is 0.120. The van der Waals surface area contributed by atoms with Crippen LogP contribution in [0.25, 0.3) is 5.57 Å². The van der Waals surface area contributed by atoms with Gasteiger partial charge in [0.2, 0.25) is 0 Å². The van der Waals surface area contributed by atoms with Crippen LogP contribution in [-0.2, 0) is 15.3 Å². The lowest BCUT2D eigenvalue weighted by Gasteiger charge is -2.21. The number of hydrogen-bond donors (Lipinski definition) is 0. The molecule has 6 heteroatoms. The Kier molecular flexibility index (Phi) is 5.22. The zero-order valence-corrected chi connectivity index (χ0v) is 17.4. The summed E-state index contributed by atoms with van der Waals surface area (Å²) in [6, 6.07) is 24.4. The van der Waals surface area contributed by atoms with Gasteiger partial charge < -0.3 is 9.47 Å². The smallest absolute Gasteiger partial charge is 0.272 e. The highest BCUT2D eigenvalue weighted by Gasteiger charge is 2.40. The average molecular weight is 429 g/mol. The Labute approximate surface area is 184 Å². The number of nitrogens with zero attached hydrogens (tertiary/aromatic N) is 1. The van der Waals surface area contributed by atoms with E-state index in [-0.39, 0.29) is 11.8 Å². The second kappa shape index (κ2) is 8.32. The molecular weight excluding hydrogens is 410 g/mol. The zero-order chi connectivity index (χ0) is 21.2. The predicted octanol–water partition coefficient (Wildman–Crippen LogP) is 4.68. The molecule has 0 spiro atoms. The summed E-state index contributed by atoms with van der Waals surface area (Å²) in [4.78, 5) is 28.6. The number of imide groups is 1. The second-order valence-electron chi connectivity index (χ2n) is 7.12. The van der Waals surface area contributed by atoms with Gasteiger partial charge in [0.25, 0.3) is 11.8 Å². The third-order valence-electron chi connectivity index (χ3n) is 5.11. The average Bonchev–Trinajstić information content (AvgIpc) is 3.07. The van der Waals surface area contributed by atoms with Crippen LogP contribution in [0.3, 0.4) is 0 Å². The minimum absolute atomic E-state index is 0.318. The third-order valence-corrected chi connectivity index (χ3v) is 6.26. The maximum Gasteiger partial charge on any atom is 0.272 e. The summed E-state index contributed by atoms with van der Waals surface area (Å²) in [5, 5.41) is 0. The van der Waals surface area contributed by atoms with Gasteiger partial charge in [-0.05, 0) is 23.3 Å². The van der Waals surface area contributed by atoms with Crippen LogP contribution in [0.5, 0.6) is 11.5 Å². The molecule has 0 saturated carbocycles. The Morgan fingerprint density at radius 3 is 2.19 bits per heavy atom. The van der Waals surface area contributed by atoms with Gasteiger partial charge in [-0.25, -0.2) is 4.90 Å². The maximum atomic E-state index is 13.5. The van der Waals surface area contributed by atoms with Crippen molar-refractivity contribution < 1.29 is 19.1 Å². The lowest BCUT2D eigenvalue weighted by atomic mass is 10.1. The van der Waals surface area contributed by atoms with Crippen LogP contribution in [-0.4, -0.2) is 25.0 Å². The van der Waals surface area contributed by atoms with E-state index in [1.165, 1.54) is 16.7 Å². The molecule has 0 radical (unpaired) electrons. The van der Waals surface area contributed by atoms with E-state index in [1.54, 1.807) is 18.2 Å². The van der Waals surface area contributed by atoms with Gasteiger partial charge in [0, 0.05) is 11.8 Å². The molecule has 2 heterocycles. The molecule has 31 heavy (non-hydrogen) atoms. The molecule has 0 aliphatic carbocycles. The fourth-order valence-corrected chi connectivity index (χ4v) is 4.71. The molecule has 2 amide bonds. The summed E-state index contributed by atoms with van der Waals surface area (Å²) < 4.78 is 11.2. The van der Waals surface area contributed by atoms with Crippen molar-refractivity contribution in [2.45, 2.75) is 5.75 Å². The van der Waals surface area contributed by atoms with Crippen LogP contribution in [0, 0.1) is 0 Å². The van der Waals surface area contributed by atoms with Crippen molar-refractivity contribution in [1.29, 1.82) is 0 Å². The van der Waals surface area contributed by atoms with Crippen molar-refractivity contribution in [1.82, 2.24) is 0 Å². The van der Waals surface area contributed by atoms with Crippen LogP contribution >= 0.6 is 11.8 Å². The largest absolute Gasteiger partial charge is 0.486 e. The van der Waals surface area contributed by atoms with Crippen LogP contribution in [0.2, 0.25) is 0 Å². The molecule has 5 nitrogen and oxygen atoms in total. The van der Waals surface area contributed by atoms with Crippen LogP contribution in [0.15, 0.2) is 83.8 Å².